The van der Waals surface area contributed by atoms with E-state index in [1.807, 2.05) is 0 Å². The molecule has 1 saturated heterocycles. The minimum Gasteiger partial charge on any atom is -0.491 e. The molecule has 4 rings (SSSR count). The molecule has 0 aliphatic carbocycles. The third-order valence-electron chi connectivity index (χ3n) is 6.03. The number of hydrogen-bond acceptors (Lipinski definition) is 4. The Kier molecular flexibility index (Phi) is 8.75. The van der Waals surface area contributed by atoms with Gasteiger partial charge in [0, 0.05) is 35.4 Å². The first-order valence-electron chi connectivity index (χ1n) is 11.4. The second-order valence-corrected chi connectivity index (χ2v) is 9.90. The van der Waals surface area contributed by atoms with Gasteiger partial charge < -0.3 is 9.84 Å². The molecule has 2 atom stereocenters. The number of rotatable bonds is 5. The van der Waals surface area contributed by atoms with E-state index in [0.29, 0.717) is 32.9 Å². The van der Waals surface area contributed by atoms with Gasteiger partial charge in [0.1, 0.15) is 18.1 Å². The summed E-state index contributed by atoms with van der Waals surface area (Å²) < 4.78 is 59.6. The Balaban J connectivity index is 1.33. The molecule has 194 valence electrons. The highest BCUT2D eigenvalue weighted by Gasteiger charge is 2.46. The molecule has 0 saturated carbocycles. The molecule has 1 aromatic heterocycles. The summed E-state index contributed by atoms with van der Waals surface area (Å²) >= 11 is 9.32. The number of aliphatic hydroxyl groups is 1. The van der Waals surface area contributed by atoms with E-state index in [9.17, 15) is 22.7 Å². The molecule has 1 aliphatic heterocycles. The van der Waals surface area contributed by atoms with Crippen molar-refractivity contribution < 1.29 is 27.4 Å². The van der Waals surface area contributed by atoms with Crippen LogP contribution in [0.2, 0.25) is 5.02 Å². The van der Waals surface area contributed by atoms with E-state index in [-0.39, 0.29) is 31.8 Å². The number of piperidine rings is 1. The van der Waals surface area contributed by atoms with Gasteiger partial charge in [-0.2, -0.15) is 13.2 Å². The second-order valence-electron chi connectivity index (χ2n) is 8.61. The largest absolute Gasteiger partial charge is 0.491 e. The fourth-order valence-electron chi connectivity index (χ4n) is 4.02. The normalized spacial score (nSPS) is 18.2. The highest BCUT2D eigenvalue weighted by Crippen LogP contribution is 2.34. The van der Waals surface area contributed by atoms with Crippen LogP contribution in [0.5, 0.6) is 5.75 Å². The van der Waals surface area contributed by atoms with Crippen molar-refractivity contribution in [2.45, 2.75) is 18.7 Å². The summed E-state index contributed by atoms with van der Waals surface area (Å²) in [6.07, 6.45) is -4.42. The molecular formula is C27H22BrClF4N2O2. The smallest absolute Gasteiger partial charge is 0.394 e. The van der Waals surface area contributed by atoms with Gasteiger partial charge in [0.15, 0.2) is 5.82 Å². The maximum atomic E-state index is 14.6. The van der Waals surface area contributed by atoms with Crippen molar-refractivity contribution in [1.82, 2.24) is 9.88 Å². The maximum Gasteiger partial charge on any atom is 0.394 e. The summed E-state index contributed by atoms with van der Waals surface area (Å²) in [7, 11) is 0. The zero-order valence-electron chi connectivity index (χ0n) is 19.4. The summed E-state index contributed by atoms with van der Waals surface area (Å²) in [5.41, 5.74) is 2.03. The number of benzene rings is 2. The molecule has 2 heterocycles. The van der Waals surface area contributed by atoms with Crippen LogP contribution in [0.1, 0.15) is 17.7 Å². The number of likely N-dealkylation sites (tertiary alicyclic amines) is 1. The fourth-order valence-corrected chi connectivity index (χ4v) is 4.64. The van der Waals surface area contributed by atoms with Crippen molar-refractivity contribution in [3.63, 3.8) is 0 Å². The minimum absolute atomic E-state index is 0.0191. The third-order valence-corrected chi connectivity index (χ3v) is 6.90. The Labute approximate surface area is 225 Å². The van der Waals surface area contributed by atoms with Crippen LogP contribution >= 0.6 is 27.5 Å². The SMILES string of the molecule is O[C@@H]1CN(CCOc2ccc(C#Cc3ncc(-c4ccc(Cl)cc4)cc3F)cc2Br)CCC1C(F)(F)F. The van der Waals surface area contributed by atoms with Gasteiger partial charge in [0.2, 0.25) is 0 Å². The molecule has 1 unspecified atom stereocenters. The predicted octanol–water partition coefficient (Wildman–Crippen LogP) is 6.33. The van der Waals surface area contributed by atoms with E-state index in [0.717, 1.165) is 5.56 Å². The average Bonchev–Trinajstić information content (AvgIpc) is 2.84. The van der Waals surface area contributed by atoms with Gasteiger partial charge in [-0.05, 0) is 76.8 Å². The van der Waals surface area contributed by atoms with Gasteiger partial charge in [0.05, 0.1) is 16.5 Å². The molecule has 10 heteroatoms. The van der Waals surface area contributed by atoms with Crippen molar-refractivity contribution in [2.75, 3.05) is 26.2 Å². The number of halogens is 6. The van der Waals surface area contributed by atoms with Gasteiger partial charge in [-0.1, -0.05) is 29.7 Å². The minimum atomic E-state index is -4.39. The first-order chi connectivity index (χ1) is 17.6. The molecule has 37 heavy (non-hydrogen) atoms. The number of ether oxygens (including phenoxy) is 1. The number of aromatic nitrogens is 1. The highest BCUT2D eigenvalue weighted by atomic mass is 79.9. The summed E-state index contributed by atoms with van der Waals surface area (Å²) in [4.78, 5) is 5.89. The van der Waals surface area contributed by atoms with Crippen molar-refractivity contribution >= 4 is 27.5 Å². The molecule has 1 N–H and O–H groups in total. The fraction of sp³-hybridized carbons (Fsp3) is 0.296. The zero-order chi connectivity index (χ0) is 26.6. The standard InChI is InChI=1S/C27H22BrClF4N2O2/c28-22-13-17(1-7-24-23(30)14-19(15-34-24)18-3-5-20(29)6-4-18)2-8-26(22)37-12-11-35-10-9-21(25(36)16-35)27(31,32)33/h2-6,8,13-15,21,25,36H,9-12,16H2/t21?,25-/m1/s1. The number of β-amino-alcohol motifs (C(OH)–C–C–N with tert-alkyl or cyclic N) is 1. The Morgan fingerprint density at radius 1 is 1.11 bits per heavy atom. The lowest BCUT2D eigenvalue weighted by molar-refractivity contribution is -0.212. The summed E-state index contributed by atoms with van der Waals surface area (Å²) in [5.74, 6) is 3.93. The van der Waals surface area contributed by atoms with Crippen LogP contribution in [0.4, 0.5) is 17.6 Å². The van der Waals surface area contributed by atoms with Crippen molar-refractivity contribution in [3.8, 4) is 28.7 Å². The quantitative estimate of drug-likeness (QED) is 0.276. The molecule has 0 amide bonds. The van der Waals surface area contributed by atoms with Crippen LogP contribution in [0.15, 0.2) is 59.2 Å². The summed E-state index contributed by atoms with van der Waals surface area (Å²) in [6.45, 7) is 0.814. The van der Waals surface area contributed by atoms with Gasteiger partial charge in [-0.3, -0.25) is 4.90 Å². The number of aliphatic hydroxyl groups excluding tert-OH is 1. The van der Waals surface area contributed by atoms with Gasteiger partial charge in [0.25, 0.3) is 0 Å². The lowest BCUT2D eigenvalue weighted by Crippen LogP contribution is -2.49. The molecule has 2 aromatic carbocycles. The van der Waals surface area contributed by atoms with Gasteiger partial charge in [-0.25, -0.2) is 9.37 Å². The molecule has 0 spiro atoms. The Morgan fingerprint density at radius 2 is 1.86 bits per heavy atom. The third kappa shape index (κ3) is 7.23. The first kappa shape index (κ1) is 27.4. The molecular weight excluding hydrogens is 576 g/mol. The van der Waals surface area contributed by atoms with Crippen molar-refractivity contribution in [1.29, 1.82) is 0 Å². The van der Waals surface area contributed by atoms with E-state index in [1.54, 1.807) is 53.6 Å². The Hall–Kier alpha value is -2.64. The second kappa shape index (κ2) is 11.8. The number of hydrogen-bond donors (Lipinski definition) is 1. The topological polar surface area (TPSA) is 45.6 Å². The summed E-state index contributed by atoms with van der Waals surface area (Å²) in [5, 5.41) is 10.4. The van der Waals surface area contributed by atoms with Gasteiger partial charge >= 0.3 is 6.18 Å². The van der Waals surface area contributed by atoms with E-state index < -0.39 is 24.0 Å². The zero-order valence-corrected chi connectivity index (χ0v) is 21.7. The van der Waals surface area contributed by atoms with Crippen LogP contribution in [-0.4, -0.2) is 53.5 Å². The lowest BCUT2D eigenvalue weighted by Gasteiger charge is -2.36. The monoisotopic (exact) mass is 596 g/mol. The number of nitrogens with zero attached hydrogens (tertiary/aromatic N) is 2. The first-order valence-corrected chi connectivity index (χ1v) is 12.6. The van der Waals surface area contributed by atoms with Crippen LogP contribution in [0, 0.1) is 23.6 Å². The van der Waals surface area contributed by atoms with Gasteiger partial charge in [-0.15, -0.1) is 0 Å². The highest BCUT2D eigenvalue weighted by molar-refractivity contribution is 9.10. The van der Waals surface area contributed by atoms with Crippen LogP contribution in [0.25, 0.3) is 11.1 Å². The van der Waals surface area contributed by atoms with E-state index >= 15 is 0 Å². The molecule has 0 radical (unpaired) electrons. The van der Waals surface area contributed by atoms with Crippen LogP contribution in [0.3, 0.4) is 0 Å². The van der Waals surface area contributed by atoms with Crippen LogP contribution < -0.4 is 4.74 Å². The van der Waals surface area contributed by atoms with E-state index in [4.69, 9.17) is 16.3 Å². The summed E-state index contributed by atoms with van der Waals surface area (Å²) in [6, 6.07) is 13.5. The average molecular weight is 598 g/mol. The van der Waals surface area contributed by atoms with Crippen molar-refractivity contribution in [2.24, 2.45) is 5.92 Å². The van der Waals surface area contributed by atoms with Crippen molar-refractivity contribution in [3.05, 3.63) is 81.3 Å². The Morgan fingerprint density at radius 3 is 2.51 bits per heavy atom. The molecule has 4 nitrogen and oxygen atoms in total. The molecule has 0 bridgehead atoms. The predicted molar refractivity (Wildman–Crippen MR) is 137 cm³/mol. The molecule has 3 aromatic rings. The number of alkyl halides is 3. The number of pyridine rings is 1. The van der Waals surface area contributed by atoms with E-state index in [1.165, 1.54) is 6.07 Å². The molecule has 1 fully saturated rings. The molecule has 1 aliphatic rings. The van der Waals surface area contributed by atoms with Crippen LogP contribution in [-0.2, 0) is 0 Å². The maximum absolute atomic E-state index is 14.6. The lowest BCUT2D eigenvalue weighted by atomic mass is 9.93. The van der Waals surface area contributed by atoms with E-state index in [2.05, 4.69) is 32.8 Å². The Bertz CT molecular complexity index is 1310.